The van der Waals surface area contributed by atoms with Gasteiger partial charge < -0.3 is 10.3 Å². The van der Waals surface area contributed by atoms with Crippen molar-refractivity contribution in [3.8, 4) is 23.3 Å². The predicted octanol–water partition coefficient (Wildman–Crippen LogP) is 1.68. The fourth-order valence-electron chi connectivity index (χ4n) is 3.37. The van der Waals surface area contributed by atoms with Gasteiger partial charge in [-0.2, -0.15) is 5.26 Å². The summed E-state index contributed by atoms with van der Waals surface area (Å²) in [6.07, 6.45) is 5.08. The second kappa shape index (κ2) is 7.23. The zero-order valence-corrected chi connectivity index (χ0v) is 16.0. The Hall–Kier alpha value is -4.78. The molecule has 10 heteroatoms. The zero-order valence-electron chi connectivity index (χ0n) is 16.0. The van der Waals surface area contributed by atoms with Crippen molar-refractivity contribution in [2.24, 2.45) is 0 Å². The van der Waals surface area contributed by atoms with Crippen LogP contribution in [-0.4, -0.2) is 41.4 Å². The van der Waals surface area contributed by atoms with Crippen molar-refractivity contribution >= 4 is 22.7 Å². The minimum absolute atomic E-state index is 0.105. The molecule has 1 amide bonds. The van der Waals surface area contributed by atoms with Crippen molar-refractivity contribution in [2.45, 2.75) is 0 Å². The van der Waals surface area contributed by atoms with Gasteiger partial charge in [0.25, 0.3) is 5.91 Å². The molecule has 0 radical (unpaired) electrons. The minimum Gasteiger partial charge on any atom is -0.339 e. The summed E-state index contributed by atoms with van der Waals surface area (Å²) in [7, 11) is 0. The largest absolute Gasteiger partial charge is 0.339 e. The molecule has 0 unspecified atom stereocenters. The third-order valence-corrected chi connectivity index (χ3v) is 4.77. The van der Waals surface area contributed by atoms with Crippen LogP contribution in [0.25, 0.3) is 34.0 Å². The van der Waals surface area contributed by atoms with Gasteiger partial charge in [-0.1, -0.05) is 12.1 Å². The Bertz CT molecular complexity index is 1550. The van der Waals surface area contributed by atoms with E-state index in [1.165, 1.54) is 4.57 Å². The molecular weight excluding hydrogens is 396 g/mol. The number of fused-ring (bicyclic) bond motifs is 2. The SMILES string of the molecule is N#CCNC(=O)c1cccc(-n2c(=O)[nH]c3cnc(-c4cnc5ccccn45)nc32)c1. The molecule has 150 valence electrons. The summed E-state index contributed by atoms with van der Waals surface area (Å²) in [6.45, 7) is -0.105. The molecule has 4 heterocycles. The number of hydrogen-bond donors (Lipinski definition) is 2. The summed E-state index contributed by atoms with van der Waals surface area (Å²) in [5.74, 6) is -0.000738. The first kappa shape index (κ1) is 18.3. The van der Waals surface area contributed by atoms with Gasteiger partial charge in [-0.25, -0.2) is 24.3 Å². The molecule has 5 rings (SSSR count). The number of nitriles is 1. The van der Waals surface area contributed by atoms with Crippen LogP contribution in [0.2, 0.25) is 0 Å². The number of H-pyrrole nitrogens is 1. The van der Waals surface area contributed by atoms with Crippen LogP contribution in [-0.2, 0) is 0 Å². The van der Waals surface area contributed by atoms with Crippen LogP contribution in [0.1, 0.15) is 10.4 Å². The number of hydrogen-bond acceptors (Lipinski definition) is 6. The Kier molecular flexibility index (Phi) is 4.26. The molecule has 0 bridgehead atoms. The van der Waals surface area contributed by atoms with E-state index in [2.05, 4.69) is 25.3 Å². The third-order valence-electron chi connectivity index (χ3n) is 4.77. The highest BCUT2D eigenvalue weighted by molar-refractivity contribution is 5.95. The van der Waals surface area contributed by atoms with Gasteiger partial charge in [0.1, 0.15) is 23.4 Å². The van der Waals surface area contributed by atoms with Crippen LogP contribution in [0, 0.1) is 11.3 Å². The van der Waals surface area contributed by atoms with Gasteiger partial charge in [0.2, 0.25) is 0 Å². The standard InChI is InChI=1S/C21H14N8O2/c22-7-8-23-20(30)13-4-3-5-14(10-13)29-19-15(26-21(29)31)11-25-18(27-19)16-12-24-17-6-1-2-9-28(16)17/h1-6,9-12H,8H2,(H,23,30)(H,26,31). The summed E-state index contributed by atoms with van der Waals surface area (Å²) >= 11 is 0. The molecule has 0 aliphatic carbocycles. The molecule has 31 heavy (non-hydrogen) atoms. The number of carbonyl (C=O) groups excluding carboxylic acids is 1. The molecule has 5 aromatic rings. The summed E-state index contributed by atoms with van der Waals surface area (Å²) < 4.78 is 3.24. The van der Waals surface area contributed by atoms with Gasteiger partial charge in [-0.15, -0.1) is 0 Å². The average molecular weight is 410 g/mol. The van der Waals surface area contributed by atoms with E-state index in [-0.39, 0.29) is 6.54 Å². The lowest BCUT2D eigenvalue weighted by molar-refractivity contribution is 0.0958. The fourth-order valence-corrected chi connectivity index (χ4v) is 3.37. The molecular formula is C21H14N8O2. The van der Waals surface area contributed by atoms with Crippen LogP contribution >= 0.6 is 0 Å². The average Bonchev–Trinajstić information content (AvgIpc) is 3.37. The monoisotopic (exact) mass is 410 g/mol. The van der Waals surface area contributed by atoms with Crippen molar-refractivity contribution in [3.63, 3.8) is 0 Å². The minimum atomic E-state index is -0.408. The topological polar surface area (TPSA) is 134 Å². The van der Waals surface area contributed by atoms with Crippen molar-refractivity contribution in [1.82, 2.24) is 34.2 Å². The number of carbonyl (C=O) groups is 1. The van der Waals surface area contributed by atoms with E-state index in [1.54, 1.807) is 36.7 Å². The maximum Gasteiger partial charge on any atom is 0.332 e. The Morgan fingerprint density at radius 3 is 2.94 bits per heavy atom. The summed E-state index contributed by atoms with van der Waals surface area (Å²) in [6, 6.07) is 14.0. The molecule has 1 aromatic carbocycles. The van der Waals surface area contributed by atoms with E-state index in [0.717, 1.165) is 5.65 Å². The molecule has 0 fully saturated rings. The van der Waals surface area contributed by atoms with Crippen molar-refractivity contribution in [1.29, 1.82) is 5.26 Å². The quantitative estimate of drug-likeness (QED) is 0.433. The van der Waals surface area contributed by atoms with Crippen LogP contribution in [0.5, 0.6) is 0 Å². The second-order valence-electron chi connectivity index (χ2n) is 6.66. The number of aromatic amines is 1. The predicted molar refractivity (Wildman–Crippen MR) is 112 cm³/mol. The smallest absolute Gasteiger partial charge is 0.332 e. The van der Waals surface area contributed by atoms with Crippen molar-refractivity contribution < 1.29 is 4.79 Å². The van der Waals surface area contributed by atoms with E-state index in [4.69, 9.17) is 5.26 Å². The fraction of sp³-hybridized carbons (Fsp3) is 0.0476. The number of imidazole rings is 2. The highest BCUT2D eigenvalue weighted by atomic mass is 16.2. The van der Waals surface area contributed by atoms with Gasteiger partial charge >= 0.3 is 5.69 Å². The molecule has 0 spiro atoms. The molecule has 0 saturated heterocycles. The Morgan fingerprint density at radius 2 is 2.06 bits per heavy atom. The van der Waals surface area contributed by atoms with Crippen LogP contribution in [0.3, 0.4) is 0 Å². The number of rotatable bonds is 4. The second-order valence-corrected chi connectivity index (χ2v) is 6.66. The van der Waals surface area contributed by atoms with Crippen molar-refractivity contribution in [3.05, 3.63) is 77.1 Å². The lowest BCUT2D eigenvalue weighted by Crippen LogP contribution is -2.24. The van der Waals surface area contributed by atoms with Gasteiger partial charge in [-0.05, 0) is 30.3 Å². The lowest BCUT2D eigenvalue weighted by Gasteiger charge is -2.07. The Labute approximate surface area is 174 Å². The highest BCUT2D eigenvalue weighted by Crippen LogP contribution is 2.20. The first-order valence-electron chi connectivity index (χ1n) is 9.31. The Balaban J connectivity index is 1.64. The molecule has 4 aromatic heterocycles. The summed E-state index contributed by atoms with van der Waals surface area (Å²) in [5, 5.41) is 11.1. The molecule has 0 atom stereocenters. The van der Waals surface area contributed by atoms with Crippen LogP contribution in [0.4, 0.5) is 0 Å². The normalized spacial score (nSPS) is 10.9. The maximum atomic E-state index is 12.7. The number of benzene rings is 1. The van der Waals surface area contributed by atoms with Crippen LogP contribution < -0.4 is 11.0 Å². The van der Waals surface area contributed by atoms with Gasteiger partial charge in [0, 0.05) is 11.8 Å². The van der Waals surface area contributed by atoms with E-state index in [9.17, 15) is 9.59 Å². The molecule has 2 N–H and O–H groups in total. The van der Waals surface area contributed by atoms with E-state index in [1.807, 2.05) is 34.9 Å². The number of pyridine rings is 1. The molecule has 0 aliphatic heterocycles. The van der Waals surface area contributed by atoms with E-state index < -0.39 is 11.6 Å². The van der Waals surface area contributed by atoms with E-state index >= 15 is 0 Å². The third kappa shape index (κ3) is 3.10. The first-order chi connectivity index (χ1) is 15.2. The van der Waals surface area contributed by atoms with Crippen LogP contribution in [0.15, 0.2) is 65.8 Å². The molecule has 0 aliphatic rings. The number of nitrogens with zero attached hydrogens (tertiary/aromatic N) is 6. The molecule has 10 nitrogen and oxygen atoms in total. The number of amides is 1. The van der Waals surface area contributed by atoms with Gasteiger partial charge in [0.15, 0.2) is 11.5 Å². The summed E-state index contributed by atoms with van der Waals surface area (Å²) in [4.78, 5) is 41.0. The lowest BCUT2D eigenvalue weighted by atomic mass is 10.2. The van der Waals surface area contributed by atoms with Crippen molar-refractivity contribution in [2.75, 3.05) is 6.54 Å². The van der Waals surface area contributed by atoms with Gasteiger partial charge in [-0.3, -0.25) is 9.20 Å². The van der Waals surface area contributed by atoms with E-state index in [0.29, 0.717) is 33.9 Å². The Morgan fingerprint density at radius 1 is 1.16 bits per heavy atom. The molecule has 0 saturated carbocycles. The number of nitrogens with one attached hydrogen (secondary N) is 2. The maximum absolute atomic E-state index is 12.7. The highest BCUT2D eigenvalue weighted by Gasteiger charge is 2.16. The number of aromatic nitrogens is 6. The van der Waals surface area contributed by atoms with Gasteiger partial charge in [0.05, 0.1) is 24.2 Å². The first-order valence-corrected chi connectivity index (χ1v) is 9.31. The summed E-state index contributed by atoms with van der Waals surface area (Å²) in [5.41, 5.74) is 2.64. The zero-order chi connectivity index (χ0) is 21.4.